The number of nitrogens with two attached hydrogens (primary N) is 1. The van der Waals surface area contributed by atoms with Gasteiger partial charge in [0.15, 0.2) is 0 Å². The van der Waals surface area contributed by atoms with Crippen LogP contribution in [0, 0.1) is 19.8 Å². The van der Waals surface area contributed by atoms with E-state index in [2.05, 4.69) is 44.0 Å². The minimum absolute atomic E-state index is 0.339. The largest absolute Gasteiger partial charge is 0.373 e. The minimum atomic E-state index is 0.339. The van der Waals surface area contributed by atoms with Crippen LogP contribution < -0.4 is 10.6 Å². The Bertz CT molecular complexity index is 349. The third-order valence-electron chi connectivity index (χ3n) is 3.36. The molecular formula is C14H22N2. The molecule has 1 fully saturated rings. The van der Waals surface area contributed by atoms with Crippen LogP contribution in [0.2, 0.25) is 0 Å². The molecule has 1 atom stereocenters. The smallest absolute Gasteiger partial charge is 0.0369 e. The first-order chi connectivity index (χ1) is 7.56. The third-order valence-corrected chi connectivity index (χ3v) is 3.36. The quantitative estimate of drug-likeness (QED) is 0.841. The van der Waals surface area contributed by atoms with Crippen LogP contribution in [0.1, 0.15) is 24.0 Å². The molecular weight excluding hydrogens is 196 g/mol. The summed E-state index contributed by atoms with van der Waals surface area (Å²) in [5, 5.41) is 0. The van der Waals surface area contributed by atoms with E-state index in [0.29, 0.717) is 6.04 Å². The van der Waals surface area contributed by atoms with E-state index in [4.69, 9.17) is 5.73 Å². The zero-order valence-electron chi connectivity index (χ0n) is 10.5. The molecule has 16 heavy (non-hydrogen) atoms. The van der Waals surface area contributed by atoms with E-state index < -0.39 is 0 Å². The molecule has 2 N–H and O–H groups in total. The van der Waals surface area contributed by atoms with Crippen molar-refractivity contribution in [1.82, 2.24) is 0 Å². The van der Waals surface area contributed by atoms with E-state index in [9.17, 15) is 0 Å². The Kier molecular flexibility index (Phi) is 3.20. The van der Waals surface area contributed by atoms with E-state index in [1.54, 1.807) is 0 Å². The van der Waals surface area contributed by atoms with Gasteiger partial charge in [0.2, 0.25) is 0 Å². The summed E-state index contributed by atoms with van der Waals surface area (Å²) in [6, 6.07) is 7.00. The van der Waals surface area contributed by atoms with Crippen molar-refractivity contribution in [2.45, 2.75) is 32.7 Å². The molecule has 0 saturated heterocycles. The van der Waals surface area contributed by atoms with Crippen LogP contribution >= 0.6 is 0 Å². The standard InChI is InChI=1S/C14H22N2/c1-10-6-11(2)8-13(7-10)16(3)9-14(15)12-4-5-12/h6-8,12,14H,4-5,9,15H2,1-3H3. The lowest BCUT2D eigenvalue weighted by molar-refractivity contribution is 0.589. The van der Waals surface area contributed by atoms with Crippen molar-refractivity contribution in [3.8, 4) is 0 Å². The summed E-state index contributed by atoms with van der Waals surface area (Å²) in [5.74, 6) is 0.772. The number of anilines is 1. The van der Waals surface area contributed by atoms with Crippen molar-refractivity contribution >= 4 is 5.69 Å². The Morgan fingerprint density at radius 1 is 1.25 bits per heavy atom. The highest BCUT2D eigenvalue weighted by atomic mass is 15.1. The van der Waals surface area contributed by atoms with E-state index in [0.717, 1.165) is 12.5 Å². The molecule has 0 radical (unpaired) electrons. The van der Waals surface area contributed by atoms with E-state index >= 15 is 0 Å². The lowest BCUT2D eigenvalue weighted by Gasteiger charge is -2.24. The molecule has 1 aromatic rings. The maximum atomic E-state index is 6.15. The monoisotopic (exact) mass is 218 g/mol. The van der Waals surface area contributed by atoms with Crippen molar-refractivity contribution in [3.05, 3.63) is 29.3 Å². The average Bonchev–Trinajstić information content (AvgIpc) is 2.98. The molecule has 0 amide bonds. The molecule has 1 aliphatic carbocycles. The molecule has 0 spiro atoms. The van der Waals surface area contributed by atoms with E-state index in [-0.39, 0.29) is 0 Å². The minimum Gasteiger partial charge on any atom is -0.373 e. The number of hydrogen-bond donors (Lipinski definition) is 1. The molecule has 0 bridgehead atoms. The van der Waals surface area contributed by atoms with Gasteiger partial charge in [-0.25, -0.2) is 0 Å². The summed E-state index contributed by atoms with van der Waals surface area (Å²) in [6.45, 7) is 5.25. The van der Waals surface area contributed by atoms with Gasteiger partial charge in [0.25, 0.3) is 0 Å². The first-order valence-electron chi connectivity index (χ1n) is 6.11. The average molecular weight is 218 g/mol. The van der Waals surface area contributed by atoms with Gasteiger partial charge in [0.05, 0.1) is 0 Å². The Hall–Kier alpha value is -1.02. The van der Waals surface area contributed by atoms with Gasteiger partial charge < -0.3 is 10.6 Å². The fourth-order valence-corrected chi connectivity index (χ4v) is 2.27. The number of benzene rings is 1. The molecule has 2 nitrogen and oxygen atoms in total. The molecule has 2 rings (SSSR count). The van der Waals surface area contributed by atoms with Crippen molar-refractivity contribution in [2.75, 3.05) is 18.5 Å². The number of aryl methyl sites for hydroxylation is 2. The summed E-state index contributed by atoms with van der Waals surface area (Å²) < 4.78 is 0. The first-order valence-corrected chi connectivity index (χ1v) is 6.11. The van der Waals surface area contributed by atoms with Crippen LogP contribution in [0.4, 0.5) is 5.69 Å². The fourth-order valence-electron chi connectivity index (χ4n) is 2.27. The Morgan fingerprint density at radius 3 is 2.31 bits per heavy atom. The number of hydrogen-bond acceptors (Lipinski definition) is 2. The normalized spacial score (nSPS) is 17.2. The van der Waals surface area contributed by atoms with Gasteiger partial charge in [0, 0.05) is 25.3 Å². The molecule has 0 heterocycles. The van der Waals surface area contributed by atoms with Gasteiger partial charge in [-0.3, -0.25) is 0 Å². The zero-order chi connectivity index (χ0) is 11.7. The van der Waals surface area contributed by atoms with Crippen LogP contribution in [0.25, 0.3) is 0 Å². The Labute approximate surface area is 98.4 Å². The van der Waals surface area contributed by atoms with Gasteiger partial charge in [0.1, 0.15) is 0 Å². The summed E-state index contributed by atoms with van der Waals surface area (Å²) in [7, 11) is 2.14. The second kappa shape index (κ2) is 4.46. The predicted molar refractivity (Wildman–Crippen MR) is 69.9 cm³/mol. The number of likely N-dealkylation sites (N-methyl/N-ethyl adjacent to an activating group) is 1. The molecule has 0 aliphatic heterocycles. The third kappa shape index (κ3) is 2.76. The number of nitrogens with zero attached hydrogens (tertiary/aromatic N) is 1. The lowest BCUT2D eigenvalue weighted by Crippen LogP contribution is -2.36. The number of rotatable bonds is 4. The predicted octanol–water partition coefficient (Wildman–Crippen LogP) is 2.48. The van der Waals surface area contributed by atoms with Crippen molar-refractivity contribution < 1.29 is 0 Å². The maximum absolute atomic E-state index is 6.15. The highest BCUT2D eigenvalue weighted by Gasteiger charge is 2.29. The van der Waals surface area contributed by atoms with Crippen molar-refractivity contribution in [2.24, 2.45) is 11.7 Å². The zero-order valence-corrected chi connectivity index (χ0v) is 10.5. The molecule has 2 heteroatoms. The lowest BCUT2D eigenvalue weighted by atomic mass is 10.1. The van der Waals surface area contributed by atoms with Gasteiger partial charge in [-0.2, -0.15) is 0 Å². The van der Waals surface area contributed by atoms with Gasteiger partial charge in [-0.15, -0.1) is 0 Å². The van der Waals surface area contributed by atoms with Crippen molar-refractivity contribution in [1.29, 1.82) is 0 Å². The Balaban J connectivity index is 2.04. The van der Waals surface area contributed by atoms with Crippen LogP contribution in [-0.2, 0) is 0 Å². The molecule has 1 aromatic carbocycles. The fraction of sp³-hybridized carbons (Fsp3) is 0.571. The SMILES string of the molecule is Cc1cc(C)cc(N(C)CC(N)C2CC2)c1. The van der Waals surface area contributed by atoms with Crippen LogP contribution in [-0.4, -0.2) is 19.6 Å². The summed E-state index contributed by atoms with van der Waals surface area (Å²) >= 11 is 0. The summed E-state index contributed by atoms with van der Waals surface area (Å²) in [4.78, 5) is 2.28. The van der Waals surface area contributed by atoms with Crippen LogP contribution in [0.15, 0.2) is 18.2 Å². The van der Waals surface area contributed by atoms with Crippen molar-refractivity contribution in [3.63, 3.8) is 0 Å². The van der Waals surface area contributed by atoms with Crippen LogP contribution in [0.5, 0.6) is 0 Å². The molecule has 1 saturated carbocycles. The van der Waals surface area contributed by atoms with E-state index in [1.807, 2.05) is 0 Å². The highest BCUT2D eigenvalue weighted by molar-refractivity contribution is 5.50. The van der Waals surface area contributed by atoms with Gasteiger partial charge in [-0.05, 0) is 55.9 Å². The van der Waals surface area contributed by atoms with Gasteiger partial charge in [-0.1, -0.05) is 6.07 Å². The maximum Gasteiger partial charge on any atom is 0.0369 e. The second-order valence-corrected chi connectivity index (χ2v) is 5.23. The second-order valence-electron chi connectivity index (χ2n) is 5.23. The molecule has 1 aliphatic rings. The summed E-state index contributed by atoms with van der Waals surface area (Å²) in [5.41, 5.74) is 10.1. The topological polar surface area (TPSA) is 29.3 Å². The molecule has 1 unspecified atom stereocenters. The molecule has 88 valence electrons. The van der Waals surface area contributed by atoms with Gasteiger partial charge >= 0.3 is 0 Å². The van der Waals surface area contributed by atoms with Crippen LogP contribution in [0.3, 0.4) is 0 Å². The first kappa shape index (κ1) is 11.5. The summed E-state index contributed by atoms with van der Waals surface area (Å²) in [6.07, 6.45) is 2.64. The molecule has 0 aromatic heterocycles. The highest BCUT2D eigenvalue weighted by Crippen LogP contribution is 2.32. The Morgan fingerprint density at radius 2 is 1.81 bits per heavy atom. The van der Waals surface area contributed by atoms with E-state index in [1.165, 1.54) is 29.7 Å².